The summed E-state index contributed by atoms with van der Waals surface area (Å²) < 4.78 is 4.91. The predicted molar refractivity (Wildman–Crippen MR) is 80.5 cm³/mol. The molecule has 2 rings (SSSR count). The van der Waals surface area contributed by atoms with Crippen LogP contribution in [0, 0.1) is 11.8 Å². The maximum atomic E-state index is 10.4. The Balaban J connectivity index is 2.09. The Bertz CT molecular complexity index is 646. The minimum absolute atomic E-state index is 0.269. The Kier molecular flexibility index (Phi) is 5.28. The van der Waals surface area contributed by atoms with E-state index in [1.54, 1.807) is 31.4 Å². The minimum Gasteiger partial charge on any atom is -0.386 e. The number of hydrogen-bond donors (Lipinski definition) is 1. The second kappa shape index (κ2) is 7.39. The van der Waals surface area contributed by atoms with Crippen LogP contribution >= 0.6 is 0 Å². The van der Waals surface area contributed by atoms with Gasteiger partial charge in [-0.15, -0.1) is 0 Å². The zero-order valence-electron chi connectivity index (χ0n) is 11.7. The van der Waals surface area contributed by atoms with Crippen molar-refractivity contribution in [2.75, 3.05) is 13.7 Å². The summed E-state index contributed by atoms with van der Waals surface area (Å²) in [6, 6.07) is 14.3. The molecular weight excluding hydrogens is 264 g/mol. The van der Waals surface area contributed by atoms with Gasteiger partial charge in [0, 0.05) is 23.8 Å². The third-order valence-electron chi connectivity index (χ3n) is 2.97. The highest BCUT2D eigenvalue weighted by Gasteiger charge is 2.05. The Labute approximate surface area is 124 Å². The first-order valence-corrected chi connectivity index (χ1v) is 6.50. The first-order valence-electron chi connectivity index (χ1n) is 6.50. The molecular formula is C18H15O3. The molecule has 0 saturated heterocycles. The SMILES string of the molecule is COCC(O)c1ccc(C#Cc2ccc([C]=O)cc2)cc1. The van der Waals surface area contributed by atoms with Crippen molar-refractivity contribution in [3.05, 3.63) is 70.8 Å². The zero-order chi connectivity index (χ0) is 15.1. The summed E-state index contributed by atoms with van der Waals surface area (Å²) in [5, 5.41) is 9.78. The second-order valence-corrected chi connectivity index (χ2v) is 4.52. The van der Waals surface area contributed by atoms with Gasteiger partial charge in [-0.3, -0.25) is 4.79 Å². The number of ether oxygens (including phenoxy) is 1. The van der Waals surface area contributed by atoms with Crippen molar-refractivity contribution in [1.82, 2.24) is 0 Å². The zero-order valence-corrected chi connectivity index (χ0v) is 11.7. The van der Waals surface area contributed by atoms with Gasteiger partial charge in [0.05, 0.1) is 6.61 Å². The first-order chi connectivity index (χ1) is 10.2. The van der Waals surface area contributed by atoms with Gasteiger partial charge in [0.25, 0.3) is 0 Å². The topological polar surface area (TPSA) is 46.5 Å². The molecule has 0 saturated carbocycles. The quantitative estimate of drug-likeness (QED) is 0.873. The van der Waals surface area contributed by atoms with Crippen molar-refractivity contribution >= 4 is 6.29 Å². The fraction of sp³-hybridized carbons (Fsp3) is 0.167. The summed E-state index contributed by atoms with van der Waals surface area (Å²) in [7, 11) is 1.55. The van der Waals surface area contributed by atoms with Crippen LogP contribution in [0.1, 0.15) is 28.4 Å². The maximum absolute atomic E-state index is 10.4. The smallest absolute Gasteiger partial charge is 0.233 e. The molecule has 0 aliphatic rings. The molecule has 0 amide bonds. The third kappa shape index (κ3) is 4.28. The average Bonchev–Trinajstić information content (AvgIpc) is 2.54. The summed E-state index contributed by atoms with van der Waals surface area (Å²) in [5.41, 5.74) is 3.00. The molecule has 0 aliphatic carbocycles. The van der Waals surface area contributed by atoms with Crippen molar-refractivity contribution in [3.63, 3.8) is 0 Å². The fourth-order valence-electron chi connectivity index (χ4n) is 1.81. The lowest BCUT2D eigenvalue weighted by Gasteiger charge is -2.09. The molecule has 1 N–H and O–H groups in total. The largest absolute Gasteiger partial charge is 0.386 e. The van der Waals surface area contributed by atoms with Gasteiger partial charge in [0.2, 0.25) is 6.29 Å². The van der Waals surface area contributed by atoms with Crippen LogP contribution in [-0.4, -0.2) is 25.1 Å². The number of benzene rings is 2. The van der Waals surface area contributed by atoms with E-state index in [9.17, 15) is 9.90 Å². The molecule has 0 heterocycles. The normalized spacial score (nSPS) is 11.3. The molecule has 0 aromatic heterocycles. The highest BCUT2D eigenvalue weighted by Crippen LogP contribution is 2.13. The van der Waals surface area contributed by atoms with Crippen LogP contribution in [0.25, 0.3) is 0 Å². The van der Waals surface area contributed by atoms with E-state index >= 15 is 0 Å². The molecule has 3 nitrogen and oxygen atoms in total. The summed E-state index contributed by atoms with van der Waals surface area (Å²) in [5.74, 6) is 6.05. The lowest BCUT2D eigenvalue weighted by Crippen LogP contribution is -2.04. The Morgan fingerprint density at radius 2 is 1.43 bits per heavy atom. The van der Waals surface area contributed by atoms with Gasteiger partial charge >= 0.3 is 0 Å². The molecule has 2 aromatic rings. The maximum Gasteiger partial charge on any atom is 0.233 e. The lowest BCUT2D eigenvalue weighted by atomic mass is 10.1. The second-order valence-electron chi connectivity index (χ2n) is 4.52. The number of rotatable bonds is 4. The van der Waals surface area contributed by atoms with Crippen molar-refractivity contribution in [1.29, 1.82) is 0 Å². The molecule has 0 spiro atoms. The van der Waals surface area contributed by atoms with Crippen molar-refractivity contribution < 1.29 is 14.6 Å². The number of aliphatic hydroxyl groups is 1. The molecule has 0 aliphatic heterocycles. The summed E-state index contributed by atoms with van der Waals surface area (Å²) >= 11 is 0. The van der Waals surface area contributed by atoms with E-state index < -0.39 is 6.10 Å². The monoisotopic (exact) mass is 279 g/mol. The van der Waals surface area contributed by atoms with Crippen LogP contribution in [0.4, 0.5) is 0 Å². The van der Waals surface area contributed by atoms with Crippen LogP contribution in [0.15, 0.2) is 48.5 Å². The highest BCUT2D eigenvalue weighted by atomic mass is 16.5. The molecule has 1 atom stereocenters. The van der Waals surface area contributed by atoms with Gasteiger partial charge in [0.1, 0.15) is 6.10 Å². The molecule has 2 aromatic carbocycles. The van der Waals surface area contributed by atoms with Gasteiger partial charge in [-0.1, -0.05) is 24.0 Å². The van der Waals surface area contributed by atoms with E-state index in [-0.39, 0.29) is 6.61 Å². The van der Waals surface area contributed by atoms with Crippen LogP contribution in [0.2, 0.25) is 0 Å². The Hall–Kier alpha value is -2.41. The van der Waals surface area contributed by atoms with Gasteiger partial charge in [-0.05, 0) is 42.0 Å². The van der Waals surface area contributed by atoms with E-state index in [1.807, 2.05) is 30.6 Å². The molecule has 1 unspecified atom stereocenters. The fourth-order valence-corrected chi connectivity index (χ4v) is 1.81. The lowest BCUT2D eigenvalue weighted by molar-refractivity contribution is 0.0644. The van der Waals surface area contributed by atoms with E-state index in [1.165, 1.54) is 0 Å². The van der Waals surface area contributed by atoms with E-state index in [0.717, 1.165) is 16.7 Å². The standard InChI is InChI=1S/C18H15O3/c1-21-13-18(20)17-10-8-15(9-11-17)3-2-14-4-6-16(12-19)7-5-14/h4-11,18,20H,13H2,1H3. The number of carbonyl (C=O) groups excluding carboxylic acids is 1. The summed E-state index contributed by atoms with van der Waals surface area (Å²) in [6.07, 6.45) is 1.20. The Morgan fingerprint density at radius 1 is 0.952 bits per heavy atom. The summed E-state index contributed by atoms with van der Waals surface area (Å²) in [6.45, 7) is 0.269. The molecule has 0 bridgehead atoms. The number of hydrogen-bond acceptors (Lipinski definition) is 3. The van der Waals surface area contributed by atoms with E-state index in [4.69, 9.17) is 4.74 Å². The van der Waals surface area contributed by atoms with Gasteiger partial charge in [-0.25, -0.2) is 0 Å². The average molecular weight is 279 g/mol. The minimum atomic E-state index is -0.621. The van der Waals surface area contributed by atoms with Crippen molar-refractivity contribution in [3.8, 4) is 11.8 Å². The Morgan fingerprint density at radius 3 is 1.90 bits per heavy atom. The van der Waals surface area contributed by atoms with E-state index in [0.29, 0.717) is 5.56 Å². The highest BCUT2D eigenvalue weighted by molar-refractivity contribution is 5.75. The number of methoxy groups -OCH3 is 1. The molecule has 105 valence electrons. The number of aliphatic hydroxyl groups excluding tert-OH is 1. The van der Waals surface area contributed by atoms with E-state index in [2.05, 4.69) is 11.8 Å². The molecule has 0 fully saturated rings. The first kappa shape index (κ1) is 15.0. The van der Waals surface area contributed by atoms with Crippen molar-refractivity contribution in [2.45, 2.75) is 6.10 Å². The van der Waals surface area contributed by atoms with Crippen LogP contribution < -0.4 is 0 Å². The van der Waals surface area contributed by atoms with Crippen LogP contribution in [0.3, 0.4) is 0 Å². The van der Waals surface area contributed by atoms with Gasteiger partial charge < -0.3 is 9.84 Å². The summed E-state index contributed by atoms with van der Waals surface area (Å²) in [4.78, 5) is 10.4. The van der Waals surface area contributed by atoms with Gasteiger partial charge in [0.15, 0.2) is 0 Å². The molecule has 3 heteroatoms. The predicted octanol–water partition coefficient (Wildman–Crippen LogP) is 2.22. The van der Waals surface area contributed by atoms with Crippen molar-refractivity contribution in [2.24, 2.45) is 0 Å². The third-order valence-corrected chi connectivity index (χ3v) is 2.97. The molecule has 1 radical (unpaired) electrons. The van der Waals surface area contributed by atoms with Crippen LogP contribution in [0.5, 0.6) is 0 Å². The van der Waals surface area contributed by atoms with Gasteiger partial charge in [-0.2, -0.15) is 0 Å². The van der Waals surface area contributed by atoms with Crippen LogP contribution in [-0.2, 0) is 9.53 Å². The molecule has 21 heavy (non-hydrogen) atoms.